The smallest absolute Gasteiger partial charge is 0.285 e. The van der Waals surface area contributed by atoms with Gasteiger partial charge in [-0.1, -0.05) is 50.5 Å². The van der Waals surface area contributed by atoms with Crippen LogP contribution < -0.4 is 5.56 Å². The lowest BCUT2D eigenvalue weighted by molar-refractivity contribution is 0.0965. The second kappa shape index (κ2) is 9.10. The van der Waals surface area contributed by atoms with Crippen molar-refractivity contribution in [2.24, 2.45) is 0 Å². The van der Waals surface area contributed by atoms with Gasteiger partial charge < -0.3 is 0 Å². The molecule has 0 spiro atoms. The lowest BCUT2D eigenvalue weighted by Gasteiger charge is -2.09. The number of aryl methyl sites for hydroxylation is 2. The topological polar surface area (TPSA) is 75.8 Å². The Morgan fingerprint density at radius 2 is 1.85 bits per heavy atom. The molecule has 26 heavy (non-hydrogen) atoms. The molecule has 0 aliphatic carbocycles. The number of benzene rings is 1. The second-order valence-corrected chi connectivity index (χ2v) is 6.59. The van der Waals surface area contributed by atoms with Crippen molar-refractivity contribution in [3.8, 4) is 6.07 Å². The van der Waals surface area contributed by atoms with Gasteiger partial charge in [0.25, 0.3) is 5.56 Å². The van der Waals surface area contributed by atoms with Crippen LogP contribution in [0.1, 0.15) is 65.3 Å². The lowest BCUT2D eigenvalue weighted by atomic mass is 10.0. The predicted octanol–water partition coefficient (Wildman–Crippen LogP) is 3.74. The summed E-state index contributed by atoms with van der Waals surface area (Å²) in [7, 11) is 0. The van der Waals surface area contributed by atoms with Gasteiger partial charge in [-0.05, 0) is 37.8 Å². The van der Waals surface area contributed by atoms with Gasteiger partial charge in [0.15, 0.2) is 5.78 Å². The number of Topliss-reactive ketones (excluding diaryl/α,β-unsaturated/α-hetero) is 1. The Kier molecular flexibility index (Phi) is 6.85. The average molecular weight is 351 g/mol. The van der Waals surface area contributed by atoms with Crippen molar-refractivity contribution in [2.75, 3.05) is 0 Å². The highest BCUT2D eigenvalue weighted by Gasteiger charge is 2.15. The molecule has 2 rings (SSSR count). The van der Waals surface area contributed by atoms with Crippen molar-refractivity contribution < 1.29 is 4.79 Å². The van der Waals surface area contributed by atoms with Gasteiger partial charge in [-0.2, -0.15) is 10.4 Å². The fraction of sp³-hybridized carbons (Fsp3) is 0.429. The lowest BCUT2D eigenvalue weighted by Crippen LogP contribution is -2.30. The molecule has 0 unspecified atom stereocenters. The number of aromatic nitrogens is 2. The number of hydrogen-bond acceptors (Lipinski definition) is 4. The SMILES string of the molecule is CCCCCCc1ccc(C(=O)Cn2nc(C)c(C)c(C#N)c2=O)cc1. The second-order valence-electron chi connectivity index (χ2n) is 6.59. The Labute approximate surface area is 154 Å². The maximum absolute atomic E-state index is 12.5. The van der Waals surface area contributed by atoms with Gasteiger partial charge in [-0.25, -0.2) is 4.68 Å². The van der Waals surface area contributed by atoms with Crippen LogP contribution in [0.5, 0.6) is 0 Å². The molecule has 0 atom stereocenters. The summed E-state index contributed by atoms with van der Waals surface area (Å²) in [6.07, 6.45) is 5.85. The number of carbonyl (C=O) groups excluding carboxylic acids is 1. The predicted molar refractivity (Wildman–Crippen MR) is 101 cm³/mol. The van der Waals surface area contributed by atoms with E-state index in [2.05, 4.69) is 12.0 Å². The molecule has 0 bridgehead atoms. The van der Waals surface area contributed by atoms with Crippen LogP contribution in [0.2, 0.25) is 0 Å². The number of hydrogen-bond donors (Lipinski definition) is 0. The average Bonchev–Trinajstić information content (AvgIpc) is 2.64. The molecule has 5 nitrogen and oxygen atoms in total. The number of nitrogens with zero attached hydrogens (tertiary/aromatic N) is 3. The summed E-state index contributed by atoms with van der Waals surface area (Å²) in [5.74, 6) is -0.190. The molecule has 1 aromatic carbocycles. The van der Waals surface area contributed by atoms with Crippen molar-refractivity contribution in [3.05, 3.63) is 62.6 Å². The molecule has 136 valence electrons. The molecule has 0 fully saturated rings. The van der Waals surface area contributed by atoms with Crippen LogP contribution in [0, 0.1) is 25.2 Å². The highest BCUT2D eigenvalue weighted by atomic mass is 16.1. The minimum atomic E-state index is -0.517. The van der Waals surface area contributed by atoms with E-state index in [9.17, 15) is 9.59 Å². The van der Waals surface area contributed by atoms with Crippen LogP contribution in [0.4, 0.5) is 0 Å². The Bertz CT molecular complexity index is 874. The first-order valence-electron chi connectivity index (χ1n) is 9.08. The highest BCUT2D eigenvalue weighted by molar-refractivity contribution is 5.95. The van der Waals surface area contributed by atoms with Gasteiger partial charge in [0.2, 0.25) is 0 Å². The Morgan fingerprint density at radius 1 is 1.15 bits per heavy atom. The van der Waals surface area contributed by atoms with Crippen molar-refractivity contribution in [3.63, 3.8) is 0 Å². The molecule has 0 aliphatic rings. The first-order chi connectivity index (χ1) is 12.5. The quantitative estimate of drug-likeness (QED) is 0.536. The van der Waals surface area contributed by atoms with E-state index >= 15 is 0 Å². The van der Waals surface area contributed by atoms with Gasteiger partial charge >= 0.3 is 0 Å². The van der Waals surface area contributed by atoms with Crippen LogP contribution >= 0.6 is 0 Å². The van der Waals surface area contributed by atoms with E-state index < -0.39 is 5.56 Å². The molecular formula is C21H25N3O2. The summed E-state index contributed by atoms with van der Waals surface area (Å²) in [4.78, 5) is 24.8. The summed E-state index contributed by atoms with van der Waals surface area (Å²) < 4.78 is 1.09. The molecule has 0 radical (unpaired) electrons. The summed E-state index contributed by atoms with van der Waals surface area (Å²) in [5, 5.41) is 13.3. The third kappa shape index (κ3) is 4.66. The van der Waals surface area contributed by atoms with Gasteiger partial charge in [0.05, 0.1) is 5.69 Å². The van der Waals surface area contributed by atoms with E-state index in [0.717, 1.165) is 17.5 Å². The molecule has 1 aromatic heterocycles. The van der Waals surface area contributed by atoms with E-state index in [1.54, 1.807) is 26.0 Å². The van der Waals surface area contributed by atoms with Gasteiger partial charge in [0.1, 0.15) is 18.2 Å². The standard InChI is InChI=1S/C21H25N3O2/c1-4-5-6-7-8-17-9-11-18(12-10-17)20(25)14-24-21(26)19(13-22)15(2)16(3)23-24/h9-12H,4-8,14H2,1-3H3. The van der Waals surface area contributed by atoms with Gasteiger partial charge in [0, 0.05) is 5.56 Å². The van der Waals surface area contributed by atoms with Crippen LogP contribution in [-0.2, 0) is 13.0 Å². The molecule has 0 amide bonds. The Morgan fingerprint density at radius 3 is 2.46 bits per heavy atom. The summed E-state index contributed by atoms with van der Waals surface area (Å²) >= 11 is 0. The largest absolute Gasteiger partial charge is 0.292 e. The third-order valence-corrected chi connectivity index (χ3v) is 4.64. The zero-order valence-electron chi connectivity index (χ0n) is 15.7. The zero-order valence-corrected chi connectivity index (χ0v) is 15.7. The molecule has 0 saturated carbocycles. The number of ketones is 1. The first kappa shape index (κ1) is 19.6. The Balaban J connectivity index is 2.10. The third-order valence-electron chi connectivity index (χ3n) is 4.64. The molecular weight excluding hydrogens is 326 g/mol. The van der Waals surface area contributed by atoms with Crippen molar-refractivity contribution >= 4 is 5.78 Å². The van der Waals surface area contributed by atoms with E-state index in [1.165, 1.54) is 24.8 Å². The number of nitriles is 1. The van der Waals surface area contributed by atoms with Crippen LogP contribution in [0.25, 0.3) is 0 Å². The van der Waals surface area contributed by atoms with Gasteiger partial charge in [-0.3, -0.25) is 9.59 Å². The molecule has 0 N–H and O–H groups in total. The summed E-state index contributed by atoms with van der Waals surface area (Å²) in [5.41, 5.74) is 2.44. The summed E-state index contributed by atoms with van der Waals surface area (Å²) in [6.45, 7) is 5.44. The number of rotatable bonds is 8. The molecule has 2 aromatic rings. The van der Waals surface area contributed by atoms with E-state index in [1.807, 2.05) is 18.2 Å². The maximum Gasteiger partial charge on any atom is 0.285 e. The summed E-state index contributed by atoms with van der Waals surface area (Å²) in [6, 6.07) is 9.45. The molecule has 0 aliphatic heterocycles. The molecule has 1 heterocycles. The van der Waals surface area contributed by atoms with Crippen molar-refractivity contribution in [1.82, 2.24) is 9.78 Å². The molecule has 5 heteroatoms. The van der Waals surface area contributed by atoms with Crippen LogP contribution in [0.3, 0.4) is 0 Å². The number of carbonyl (C=O) groups is 1. The van der Waals surface area contributed by atoms with Gasteiger partial charge in [-0.15, -0.1) is 0 Å². The fourth-order valence-electron chi connectivity index (χ4n) is 2.85. The fourth-order valence-corrected chi connectivity index (χ4v) is 2.85. The van der Waals surface area contributed by atoms with E-state index in [4.69, 9.17) is 5.26 Å². The van der Waals surface area contributed by atoms with Crippen LogP contribution in [0.15, 0.2) is 29.1 Å². The highest BCUT2D eigenvalue weighted by Crippen LogP contribution is 2.11. The van der Waals surface area contributed by atoms with E-state index in [-0.39, 0.29) is 17.9 Å². The Hall–Kier alpha value is -2.74. The first-order valence-corrected chi connectivity index (χ1v) is 9.08. The minimum Gasteiger partial charge on any atom is -0.292 e. The molecule has 0 saturated heterocycles. The monoisotopic (exact) mass is 351 g/mol. The minimum absolute atomic E-state index is 0.0488. The van der Waals surface area contributed by atoms with Crippen molar-refractivity contribution in [2.45, 2.75) is 59.4 Å². The van der Waals surface area contributed by atoms with Crippen LogP contribution in [-0.4, -0.2) is 15.6 Å². The maximum atomic E-state index is 12.5. The zero-order chi connectivity index (χ0) is 19.1. The van der Waals surface area contributed by atoms with Crippen molar-refractivity contribution in [1.29, 1.82) is 5.26 Å². The normalized spacial score (nSPS) is 10.5. The van der Waals surface area contributed by atoms with E-state index in [0.29, 0.717) is 16.8 Å². The number of unbranched alkanes of at least 4 members (excludes halogenated alkanes) is 3.